The Morgan fingerprint density at radius 2 is 2.28 bits per heavy atom. The van der Waals surface area contributed by atoms with Gasteiger partial charge in [0.05, 0.1) is 11.3 Å². The summed E-state index contributed by atoms with van der Waals surface area (Å²) in [4.78, 5) is 22.0. The van der Waals surface area contributed by atoms with Crippen molar-refractivity contribution < 1.29 is 14.5 Å². The molecule has 2 rings (SSSR count). The molecule has 1 aliphatic rings. The number of carbonyl (C=O) groups is 1. The minimum Gasteiger partial charge on any atom is -0.460 e. The van der Waals surface area contributed by atoms with Gasteiger partial charge >= 0.3 is 5.97 Å². The lowest BCUT2D eigenvalue weighted by molar-refractivity contribution is -0.385. The third kappa shape index (κ3) is 2.81. The number of rotatable bonds is 4. The molecule has 1 saturated heterocycles. The predicted molar refractivity (Wildman–Crippen MR) is 68.7 cm³/mol. The van der Waals surface area contributed by atoms with Gasteiger partial charge in [0.15, 0.2) is 0 Å². The van der Waals surface area contributed by atoms with Crippen molar-refractivity contribution in [2.24, 2.45) is 0 Å². The number of nitrogens with zero attached hydrogens (tertiary/aromatic N) is 1. The zero-order chi connectivity index (χ0) is 13.1. The minimum atomic E-state index is -0.438. The summed E-state index contributed by atoms with van der Waals surface area (Å²) in [6.45, 7) is 1.65. The summed E-state index contributed by atoms with van der Waals surface area (Å²) in [5.41, 5.74) is 1.23. The Hall–Kier alpha value is -1.56. The molecule has 0 aliphatic carbocycles. The molecule has 1 heterocycles. The number of ether oxygens (including phenoxy) is 1. The van der Waals surface area contributed by atoms with Crippen LogP contribution in [0.4, 0.5) is 5.69 Å². The maximum Gasteiger partial charge on any atom is 0.310 e. The Morgan fingerprint density at radius 3 is 2.83 bits per heavy atom. The third-order valence-corrected chi connectivity index (χ3v) is 4.07. The smallest absolute Gasteiger partial charge is 0.310 e. The van der Waals surface area contributed by atoms with Gasteiger partial charge in [0.25, 0.3) is 5.69 Å². The lowest BCUT2D eigenvalue weighted by Crippen LogP contribution is -2.31. The fraction of sp³-hybridized carbons (Fsp3) is 0.417. The van der Waals surface area contributed by atoms with Gasteiger partial charge in [0.1, 0.15) is 6.10 Å². The second kappa shape index (κ2) is 5.39. The van der Waals surface area contributed by atoms with Gasteiger partial charge in [0.2, 0.25) is 0 Å². The fourth-order valence-electron chi connectivity index (χ4n) is 1.72. The van der Waals surface area contributed by atoms with E-state index in [9.17, 15) is 14.9 Å². The van der Waals surface area contributed by atoms with E-state index in [1.165, 1.54) is 6.07 Å². The van der Waals surface area contributed by atoms with E-state index in [1.807, 2.05) is 0 Å². The second-order valence-electron chi connectivity index (χ2n) is 4.14. The summed E-state index contributed by atoms with van der Waals surface area (Å²) in [5, 5.41) is 10.8. The fourth-order valence-corrected chi connectivity index (χ4v) is 2.29. The number of carbonyl (C=O) groups excluding carboxylic acids is 1. The van der Waals surface area contributed by atoms with Crippen LogP contribution in [0, 0.1) is 17.0 Å². The van der Waals surface area contributed by atoms with Crippen molar-refractivity contribution in [1.82, 2.24) is 0 Å². The highest BCUT2D eigenvalue weighted by Crippen LogP contribution is 2.24. The maximum absolute atomic E-state index is 11.6. The maximum atomic E-state index is 11.6. The Morgan fingerprint density at radius 1 is 1.56 bits per heavy atom. The Kier molecular flexibility index (Phi) is 3.86. The van der Waals surface area contributed by atoms with Crippen LogP contribution < -0.4 is 0 Å². The van der Waals surface area contributed by atoms with Crippen molar-refractivity contribution in [3.8, 4) is 0 Å². The monoisotopic (exact) mass is 267 g/mol. The molecule has 0 saturated carbocycles. The number of esters is 1. The first-order valence-corrected chi connectivity index (χ1v) is 6.73. The molecule has 1 fully saturated rings. The van der Waals surface area contributed by atoms with Gasteiger partial charge in [-0.2, -0.15) is 11.8 Å². The van der Waals surface area contributed by atoms with Crippen LogP contribution in [0.5, 0.6) is 0 Å². The SMILES string of the molecule is Cc1c(CC(=O)OC2CSC2)cccc1[N+](=O)[O-]. The lowest BCUT2D eigenvalue weighted by atomic mass is 10.0. The van der Waals surface area contributed by atoms with Crippen LogP contribution in [-0.2, 0) is 16.0 Å². The molecule has 0 atom stereocenters. The molecule has 96 valence electrons. The zero-order valence-corrected chi connectivity index (χ0v) is 10.7. The molecule has 1 aromatic carbocycles. The number of benzene rings is 1. The van der Waals surface area contributed by atoms with Gasteiger partial charge in [0, 0.05) is 23.1 Å². The molecule has 0 bridgehead atoms. The van der Waals surface area contributed by atoms with Crippen molar-refractivity contribution >= 4 is 23.4 Å². The van der Waals surface area contributed by atoms with Gasteiger partial charge in [-0.1, -0.05) is 12.1 Å². The van der Waals surface area contributed by atoms with E-state index in [2.05, 4.69) is 0 Å². The van der Waals surface area contributed by atoms with E-state index in [4.69, 9.17) is 4.74 Å². The molecule has 1 aliphatic heterocycles. The first kappa shape index (κ1) is 12.9. The van der Waals surface area contributed by atoms with Crippen LogP contribution in [0.15, 0.2) is 18.2 Å². The lowest BCUT2D eigenvalue weighted by Gasteiger charge is -2.24. The second-order valence-corrected chi connectivity index (χ2v) is 5.22. The Balaban J connectivity index is 2.06. The average Bonchev–Trinajstić information content (AvgIpc) is 2.26. The normalized spacial score (nSPS) is 14.9. The molecule has 6 heteroatoms. The quantitative estimate of drug-likeness (QED) is 0.474. The summed E-state index contributed by atoms with van der Waals surface area (Å²) >= 11 is 1.74. The zero-order valence-electron chi connectivity index (χ0n) is 9.92. The van der Waals surface area contributed by atoms with Gasteiger partial charge in [-0.25, -0.2) is 0 Å². The number of hydrogen-bond acceptors (Lipinski definition) is 5. The van der Waals surface area contributed by atoms with Crippen LogP contribution in [0.2, 0.25) is 0 Å². The van der Waals surface area contributed by atoms with E-state index in [-0.39, 0.29) is 24.2 Å². The van der Waals surface area contributed by atoms with Gasteiger partial charge < -0.3 is 4.74 Å². The summed E-state index contributed by atoms with van der Waals surface area (Å²) < 4.78 is 5.22. The number of nitro groups is 1. The van der Waals surface area contributed by atoms with Crippen LogP contribution in [0.1, 0.15) is 11.1 Å². The van der Waals surface area contributed by atoms with Crippen LogP contribution >= 0.6 is 11.8 Å². The van der Waals surface area contributed by atoms with Crippen molar-refractivity contribution in [3.63, 3.8) is 0 Å². The molecule has 0 radical (unpaired) electrons. The van der Waals surface area contributed by atoms with Gasteiger partial charge in [-0.15, -0.1) is 0 Å². The van der Waals surface area contributed by atoms with Crippen LogP contribution in [0.25, 0.3) is 0 Å². The predicted octanol–water partition coefficient (Wildman–Crippen LogP) is 2.10. The highest BCUT2D eigenvalue weighted by Gasteiger charge is 2.23. The average molecular weight is 267 g/mol. The molecule has 0 spiro atoms. The largest absolute Gasteiger partial charge is 0.460 e. The topological polar surface area (TPSA) is 69.4 Å². The summed E-state index contributed by atoms with van der Waals surface area (Å²) in [5.74, 6) is 1.38. The molecule has 0 N–H and O–H groups in total. The molecule has 0 unspecified atom stereocenters. The van der Waals surface area contributed by atoms with Crippen molar-refractivity contribution in [1.29, 1.82) is 0 Å². The number of thioether (sulfide) groups is 1. The molecule has 0 aromatic heterocycles. The van der Waals surface area contributed by atoms with E-state index >= 15 is 0 Å². The molecular formula is C12H13NO4S. The highest BCUT2D eigenvalue weighted by molar-refractivity contribution is 8.00. The summed E-state index contributed by atoms with van der Waals surface area (Å²) in [6.07, 6.45) is 0.107. The van der Waals surface area contributed by atoms with E-state index in [1.54, 1.807) is 30.8 Å². The van der Waals surface area contributed by atoms with Crippen molar-refractivity contribution in [3.05, 3.63) is 39.4 Å². The molecular weight excluding hydrogens is 254 g/mol. The van der Waals surface area contributed by atoms with E-state index in [0.29, 0.717) is 11.1 Å². The van der Waals surface area contributed by atoms with Crippen LogP contribution in [0.3, 0.4) is 0 Å². The minimum absolute atomic E-state index is 0.0153. The standard InChI is InChI=1S/C12H13NO4S/c1-8-9(3-2-4-11(8)13(15)16)5-12(14)17-10-6-18-7-10/h2-4,10H,5-7H2,1H3. The van der Waals surface area contributed by atoms with Crippen molar-refractivity contribution in [2.45, 2.75) is 19.4 Å². The highest BCUT2D eigenvalue weighted by atomic mass is 32.2. The number of nitro benzene ring substituents is 1. The molecule has 18 heavy (non-hydrogen) atoms. The van der Waals surface area contributed by atoms with Crippen molar-refractivity contribution in [2.75, 3.05) is 11.5 Å². The first-order chi connectivity index (χ1) is 8.58. The van der Waals surface area contributed by atoms with Crippen LogP contribution in [-0.4, -0.2) is 28.5 Å². The molecule has 0 amide bonds. The Bertz CT molecular complexity index is 485. The van der Waals surface area contributed by atoms with E-state index in [0.717, 1.165) is 11.5 Å². The Labute approximate surface area is 109 Å². The number of hydrogen-bond donors (Lipinski definition) is 0. The first-order valence-electron chi connectivity index (χ1n) is 5.58. The van der Waals surface area contributed by atoms with E-state index < -0.39 is 4.92 Å². The summed E-state index contributed by atoms with van der Waals surface area (Å²) in [6, 6.07) is 4.75. The molecule has 1 aromatic rings. The molecule has 5 nitrogen and oxygen atoms in total. The summed E-state index contributed by atoms with van der Waals surface area (Å²) in [7, 11) is 0. The van der Waals surface area contributed by atoms with Gasteiger partial charge in [-0.05, 0) is 12.5 Å². The third-order valence-electron chi connectivity index (χ3n) is 2.85. The van der Waals surface area contributed by atoms with Gasteiger partial charge in [-0.3, -0.25) is 14.9 Å².